The predicted molar refractivity (Wildman–Crippen MR) is 218 cm³/mol. The summed E-state index contributed by atoms with van der Waals surface area (Å²) in [5.41, 5.74) is 28.6. The van der Waals surface area contributed by atoms with Gasteiger partial charge in [-0.2, -0.15) is 10.5 Å². The summed E-state index contributed by atoms with van der Waals surface area (Å²) in [6.45, 7) is 2.88. The summed E-state index contributed by atoms with van der Waals surface area (Å²) in [6, 6.07) is 32.3. The van der Waals surface area contributed by atoms with Crippen molar-refractivity contribution in [3.05, 3.63) is 108 Å². The van der Waals surface area contributed by atoms with Crippen molar-refractivity contribution in [3.8, 4) is 46.2 Å². The fourth-order valence-corrected chi connectivity index (χ4v) is 7.15. The summed E-state index contributed by atoms with van der Waals surface area (Å²) < 4.78 is 6.09. The van der Waals surface area contributed by atoms with Crippen LogP contribution >= 0.6 is 0 Å². The zero-order chi connectivity index (χ0) is 40.5. The van der Waals surface area contributed by atoms with Crippen molar-refractivity contribution in [1.29, 1.82) is 10.5 Å². The molecule has 0 bridgehead atoms. The number of hydrogen-bond acceptors (Lipinski definition) is 12. The van der Waals surface area contributed by atoms with Crippen molar-refractivity contribution >= 4 is 34.8 Å². The van der Waals surface area contributed by atoms with Crippen LogP contribution in [0.2, 0.25) is 0 Å². The number of rotatable bonds is 9. The molecule has 2 aliphatic heterocycles. The van der Waals surface area contributed by atoms with Crippen LogP contribution in [-0.4, -0.2) is 53.1 Å². The monoisotopic (exact) mass is 764 g/mol. The quantitative estimate of drug-likeness (QED) is 0.132. The second-order valence-corrected chi connectivity index (χ2v) is 13.9. The van der Waals surface area contributed by atoms with Gasteiger partial charge in [0.15, 0.2) is 0 Å². The highest BCUT2D eigenvalue weighted by atomic mass is 16.5. The van der Waals surface area contributed by atoms with E-state index in [1.807, 2.05) is 65.6 Å². The molecule has 14 nitrogen and oxygen atoms in total. The summed E-state index contributed by atoms with van der Waals surface area (Å²) in [5.74, 6) is 0.240. The molecule has 9 N–H and O–H groups in total. The molecule has 2 amide bonds. The number of nitriles is 2. The van der Waals surface area contributed by atoms with E-state index in [4.69, 9.17) is 27.7 Å². The van der Waals surface area contributed by atoms with Crippen LogP contribution in [0.5, 0.6) is 11.5 Å². The number of phenolic OH excluding ortho intramolecular Hbond substituents is 1. The number of carbonyl (C=O) groups is 2. The molecule has 0 spiro atoms. The van der Waals surface area contributed by atoms with Crippen LogP contribution in [0.3, 0.4) is 0 Å². The molecule has 2 fully saturated rings. The van der Waals surface area contributed by atoms with Crippen LogP contribution in [-0.2, 0) is 16.2 Å². The number of piperidine rings is 2. The molecule has 57 heavy (non-hydrogen) atoms. The molecule has 2 aliphatic rings. The van der Waals surface area contributed by atoms with E-state index in [0.717, 1.165) is 16.8 Å². The molecule has 2 saturated heterocycles. The SMILES string of the molecule is N#Cc1c(N2CCC(C(N)=O)CC2)cc(-c2ccccc2O)nc1N.N#Cc1c(N2CCC(C(N)=O)CC2)cc(-c2ccccc2OCc2ccccc2)nc1N. The van der Waals surface area contributed by atoms with Crippen LogP contribution in [0, 0.1) is 34.5 Å². The van der Waals surface area contributed by atoms with Crippen molar-refractivity contribution in [3.63, 3.8) is 0 Å². The molecular weight excluding hydrogens is 721 g/mol. The Labute approximate surface area is 330 Å². The molecule has 14 heteroatoms. The molecule has 5 aromatic rings. The average Bonchev–Trinajstić information content (AvgIpc) is 3.23. The number of ether oxygens (including phenoxy) is 1. The molecule has 0 radical (unpaired) electrons. The van der Waals surface area contributed by atoms with E-state index in [1.54, 1.807) is 30.3 Å². The summed E-state index contributed by atoms with van der Waals surface area (Å²) >= 11 is 0. The normalized spacial score (nSPS) is 14.4. The molecule has 0 atom stereocenters. The Kier molecular flexibility index (Phi) is 12.3. The van der Waals surface area contributed by atoms with Crippen LogP contribution < -0.4 is 37.5 Å². The van der Waals surface area contributed by atoms with Gasteiger partial charge in [-0.1, -0.05) is 54.6 Å². The minimum Gasteiger partial charge on any atom is -0.507 e. The molecule has 7 rings (SSSR count). The van der Waals surface area contributed by atoms with Crippen molar-refractivity contribution in [2.24, 2.45) is 23.3 Å². The van der Waals surface area contributed by atoms with Crippen LogP contribution in [0.15, 0.2) is 91.0 Å². The van der Waals surface area contributed by atoms with Crippen molar-refractivity contribution < 1.29 is 19.4 Å². The number of para-hydroxylation sites is 2. The molecular formula is C43H44N10O4. The maximum Gasteiger partial charge on any atom is 0.220 e. The van der Waals surface area contributed by atoms with Crippen molar-refractivity contribution in [2.75, 3.05) is 47.4 Å². The number of nitrogens with two attached hydrogens (primary N) is 4. The Morgan fingerprint density at radius 2 is 1.12 bits per heavy atom. The van der Waals surface area contributed by atoms with Gasteiger partial charge in [0.2, 0.25) is 11.8 Å². The van der Waals surface area contributed by atoms with E-state index in [9.17, 15) is 25.2 Å². The third-order valence-corrected chi connectivity index (χ3v) is 10.3. The lowest BCUT2D eigenvalue weighted by atomic mass is 9.95. The van der Waals surface area contributed by atoms with Crippen LogP contribution in [0.1, 0.15) is 42.4 Å². The first-order valence-corrected chi connectivity index (χ1v) is 18.6. The smallest absolute Gasteiger partial charge is 0.220 e. The van der Waals surface area contributed by atoms with Gasteiger partial charge < -0.3 is 42.6 Å². The highest BCUT2D eigenvalue weighted by Gasteiger charge is 2.28. The fourth-order valence-electron chi connectivity index (χ4n) is 7.15. The molecule has 290 valence electrons. The van der Waals surface area contributed by atoms with E-state index in [0.29, 0.717) is 98.0 Å². The average molecular weight is 765 g/mol. The largest absolute Gasteiger partial charge is 0.507 e. The molecule has 4 heterocycles. The second kappa shape index (κ2) is 17.9. The number of hydrogen-bond donors (Lipinski definition) is 5. The lowest BCUT2D eigenvalue weighted by molar-refractivity contribution is -0.123. The van der Waals surface area contributed by atoms with Gasteiger partial charge in [-0.05, 0) is 67.6 Å². The van der Waals surface area contributed by atoms with Crippen LogP contribution in [0.25, 0.3) is 22.5 Å². The maximum absolute atomic E-state index is 11.5. The number of pyridine rings is 2. The van der Waals surface area contributed by atoms with E-state index in [1.165, 1.54) is 0 Å². The number of aromatic nitrogens is 2. The topological polar surface area (TPSA) is 248 Å². The number of primary amides is 2. The van der Waals surface area contributed by atoms with E-state index < -0.39 is 0 Å². The van der Waals surface area contributed by atoms with Gasteiger partial charge in [-0.15, -0.1) is 0 Å². The maximum atomic E-state index is 11.5. The lowest BCUT2D eigenvalue weighted by Crippen LogP contribution is -2.39. The Morgan fingerprint density at radius 1 is 0.684 bits per heavy atom. The summed E-state index contributed by atoms with van der Waals surface area (Å²) in [7, 11) is 0. The zero-order valence-electron chi connectivity index (χ0n) is 31.3. The summed E-state index contributed by atoms with van der Waals surface area (Å²) in [6.07, 6.45) is 2.56. The number of benzene rings is 3. The highest BCUT2D eigenvalue weighted by Crippen LogP contribution is 2.37. The van der Waals surface area contributed by atoms with Gasteiger partial charge >= 0.3 is 0 Å². The molecule has 0 aliphatic carbocycles. The van der Waals surface area contributed by atoms with E-state index >= 15 is 0 Å². The third kappa shape index (κ3) is 9.15. The molecule has 2 aromatic heterocycles. The van der Waals surface area contributed by atoms with Crippen molar-refractivity contribution in [2.45, 2.75) is 32.3 Å². The number of aromatic hydroxyl groups is 1. The number of carbonyl (C=O) groups excluding carboxylic acids is 2. The Hall–Kier alpha value is -7.32. The van der Waals surface area contributed by atoms with Gasteiger partial charge in [0.25, 0.3) is 0 Å². The van der Waals surface area contributed by atoms with E-state index in [-0.39, 0.29) is 41.0 Å². The zero-order valence-corrected chi connectivity index (χ0v) is 31.3. The minimum absolute atomic E-state index is 0.0949. The van der Waals surface area contributed by atoms with Crippen LogP contribution in [0.4, 0.5) is 23.0 Å². The number of anilines is 4. The Balaban J connectivity index is 0.000000199. The Bertz CT molecular complexity index is 2320. The first kappa shape index (κ1) is 39.4. The fraction of sp³-hybridized carbons (Fsp3) is 0.256. The first-order valence-electron chi connectivity index (χ1n) is 18.6. The molecule has 3 aromatic carbocycles. The standard InChI is InChI=1S/C25H25N5O2.C18H19N5O2/c26-15-20-22(30-12-10-18(11-13-30)25(28)31)14-21(29-24(20)27)19-8-4-5-9-23(19)32-16-17-6-2-1-3-7-17;19-10-13-15(23-7-5-11(6-8-23)18(21)25)9-14(22-17(13)20)12-3-1-2-4-16(12)24/h1-9,14,18H,10-13,16H2,(H2,27,29)(H2,28,31);1-4,9,11,24H,5-8H2,(H2,20,22)(H2,21,25). The number of nitrogen functional groups attached to an aromatic ring is 2. The first-order chi connectivity index (χ1) is 27.6. The van der Waals surface area contributed by atoms with E-state index in [2.05, 4.69) is 27.0 Å². The number of amides is 2. The number of phenols is 1. The molecule has 0 unspecified atom stereocenters. The lowest BCUT2D eigenvalue weighted by Gasteiger charge is -2.33. The third-order valence-electron chi connectivity index (χ3n) is 10.3. The highest BCUT2D eigenvalue weighted by molar-refractivity contribution is 5.81. The predicted octanol–water partition coefficient (Wildman–Crippen LogP) is 5.09. The molecule has 0 saturated carbocycles. The summed E-state index contributed by atoms with van der Waals surface area (Å²) in [5, 5.41) is 29.2. The van der Waals surface area contributed by atoms with Gasteiger partial charge in [0.1, 0.15) is 53.0 Å². The second-order valence-electron chi connectivity index (χ2n) is 13.9. The van der Waals surface area contributed by atoms with Crippen molar-refractivity contribution in [1.82, 2.24) is 9.97 Å². The minimum atomic E-state index is -0.288. The van der Waals surface area contributed by atoms with Gasteiger partial charge in [-0.3, -0.25) is 9.59 Å². The van der Waals surface area contributed by atoms with Gasteiger partial charge in [-0.25, -0.2) is 9.97 Å². The summed E-state index contributed by atoms with van der Waals surface area (Å²) in [4.78, 5) is 35.7. The Morgan fingerprint density at radius 3 is 1.60 bits per heavy atom. The van der Waals surface area contributed by atoms with Gasteiger partial charge in [0.05, 0.1) is 22.8 Å². The number of nitrogens with zero attached hydrogens (tertiary/aromatic N) is 6. The van der Waals surface area contributed by atoms with Gasteiger partial charge in [0, 0.05) is 49.1 Å².